The number of guanidine groups is 1. The number of methoxy groups -OCH3 is 1. The van der Waals surface area contributed by atoms with Crippen molar-refractivity contribution in [2.75, 3.05) is 60.0 Å². The average Bonchev–Trinajstić information content (AvgIpc) is 2.62. The number of piperidine rings is 2. The molecule has 0 saturated carbocycles. The van der Waals surface area contributed by atoms with Crippen molar-refractivity contribution in [3.8, 4) is 0 Å². The van der Waals surface area contributed by atoms with E-state index in [1.807, 2.05) is 7.05 Å². The first-order valence-electron chi connectivity index (χ1n) is 9.62. The van der Waals surface area contributed by atoms with E-state index >= 15 is 0 Å². The van der Waals surface area contributed by atoms with Crippen molar-refractivity contribution < 1.29 is 9.53 Å². The predicted octanol–water partition coefficient (Wildman–Crippen LogP) is 1.14. The van der Waals surface area contributed by atoms with Crippen LogP contribution in [0, 0.1) is 5.92 Å². The molecule has 0 aromatic carbocycles. The fraction of sp³-hybridized carbons (Fsp3) is 0.889. The van der Waals surface area contributed by atoms with Crippen LogP contribution in [0.1, 0.15) is 32.6 Å². The molecule has 2 fully saturated rings. The van der Waals surface area contributed by atoms with Gasteiger partial charge in [0, 0.05) is 52.8 Å². The van der Waals surface area contributed by atoms with Crippen LogP contribution in [0.25, 0.3) is 0 Å². The molecule has 0 aliphatic carbocycles. The number of nitrogens with one attached hydrogen (secondary N) is 2. The molecule has 2 N–H and O–H groups in total. The Labute approximate surface area is 175 Å². The zero-order valence-electron chi connectivity index (χ0n) is 16.5. The molecule has 0 bridgehead atoms. The lowest BCUT2D eigenvalue weighted by Gasteiger charge is -2.32. The summed E-state index contributed by atoms with van der Waals surface area (Å²) >= 11 is 0. The zero-order valence-corrected chi connectivity index (χ0v) is 18.8. The second kappa shape index (κ2) is 12.7. The van der Waals surface area contributed by atoms with Gasteiger partial charge in [0.2, 0.25) is 5.91 Å². The van der Waals surface area contributed by atoms with Crippen LogP contribution in [-0.2, 0) is 9.53 Å². The highest BCUT2D eigenvalue weighted by atomic mass is 127. The first-order valence-corrected chi connectivity index (χ1v) is 9.62. The first kappa shape index (κ1) is 23.4. The van der Waals surface area contributed by atoms with Gasteiger partial charge in [-0.15, -0.1) is 24.0 Å². The third-order valence-electron chi connectivity index (χ3n) is 5.14. The summed E-state index contributed by atoms with van der Waals surface area (Å²) < 4.78 is 5.16. The number of aliphatic imine (C=N–C) groups is 1. The van der Waals surface area contributed by atoms with Crippen LogP contribution < -0.4 is 10.6 Å². The lowest BCUT2D eigenvalue weighted by Crippen LogP contribution is -2.51. The van der Waals surface area contributed by atoms with Gasteiger partial charge in [0.05, 0.1) is 6.61 Å². The molecule has 0 aromatic heterocycles. The quantitative estimate of drug-likeness (QED) is 0.324. The Hall–Kier alpha value is -0.610. The van der Waals surface area contributed by atoms with Gasteiger partial charge < -0.3 is 25.2 Å². The van der Waals surface area contributed by atoms with Crippen molar-refractivity contribution in [3.63, 3.8) is 0 Å². The molecule has 1 atom stereocenters. The molecule has 152 valence electrons. The highest BCUT2D eigenvalue weighted by Crippen LogP contribution is 2.17. The van der Waals surface area contributed by atoms with E-state index < -0.39 is 0 Å². The van der Waals surface area contributed by atoms with Crippen LogP contribution in [0.3, 0.4) is 0 Å². The van der Waals surface area contributed by atoms with E-state index in [0.29, 0.717) is 12.3 Å². The van der Waals surface area contributed by atoms with Gasteiger partial charge in [-0.2, -0.15) is 0 Å². The normalized spacial score (nSPS) is 22.9. The van der Waals surface area contributed by atoms with Crippen LogP contribution in [0.2, 0.25) is 0 Å². The van der Waals surface area contributed by atoms with Gasteiger partial charge in [-0.1, -0.05) is 0 Å². The predicted molar refractivity (Wildman–Crippen MR) is 116 cm³/mol. The third-order valence-corrected chi connectivity index (χ3v) is 5.14. The summed E-state index contributed by atoms with van der Waals surface area (Å²) in [7, 11) is 3.63. The Morgan fingerprint density at radius 2 is 2.04 bits per heavy atom. The van der Waals surface area contributed by atoms with Crippen molar-refractivity contribution in [3.05, 3.63) is 0 Å². The first-order chi connectivity index (χ1) is 12.1. The molecule has 2 saturated heterocycles. The summed E-state index contributed by atoms with van der Waals surface area (Å²) in [6.45, 7) is 8.69. The van der Waals surface area contributed by atoms with Crippen molar-refractivity contribution in [2.45, 2.75) is 38.6 Å². The van der Waals surface area contributed by atoms with Gasteiger partial charge in [-0.25, -0.2) is 0 Å². The van der Waals surface area contributed by atoms with Gasteiger partial charge >= 0.3 is 0 Å². The molecule has 0 radical (unpaired) electrons. The molecule has 8 heteroatoms. The minimum atomic E-state index is 0. The number of hydrogen-bond acceptors (Lipinski definition) is 4. The molecule has 0 aromatic rings. The molecule has 2 aliphatic heterocycles. The molecule has 2 aliphatic rings. The standard InChI is InChI=1S/C18H35N5O2.HI/c1-4-19-18(21-16-5-6-17(24)22(2)14-16)20-13-15-7-9-23(10-8-15)11-12-25-3;/h15-16H,4-14H2,1-3H3,(H2,19,20,21);1H. The largest absolute Gasteiger partial charge is 0.383 e. The highest BCUT2D eigenvalue weighted by Gasteiger charge is 2.24. The second-order valence-electron chi connectivity index (χ2n) is 7.15. The molecule has 2 heterocycles. The maximum Gasteiger partial charge on any atom is 0.222 e. The summed E-state index contributed by atoms with van der Waals surface area (Å²) in [5.41, 5.74) is 0. The Morgan fingerprint density at radius 1 is 1.31 bits per heavy atom. The summed E-state index contributed by atoms with van der Waals surface area (Å²) in [6, 6.07) is 0.288. The van der Waals surface area contributed by atoms with Gasteiger partial charge in [0.15, 0.2) is 5.96 Å². The number of rotatable bonds is 7. The number of likely N-dealkylation sites (N-methyl/N-ethyl adjacent to an activating group) is 1. The van der Waals surface area contributed by atoms with Crippen molar-refractivity contribution in [1.29, 1.82) is 0 Å². The van der Waals surface area contributed by atoms with Gasteiger partial charge in [-0.3, -0.25) is 9.79 Å². The molecule has 1 amide bonds. The Balaban J connectivity index is 0.00000338. The number of carbonyl (C=O) groups excluding carboxylic acids is 1. The topological polar surface area (TPSA) is 69.2 Å². The molecule has 0 spiro atoms. The minimum absolute atomic E-state index is 0. The fourth-order valence-electron chi connectivity index (χ4n) is 3.48. The third kappa shape index (κ3) is 7.96. The summed E-state index contributed by atoms with van der Waals surface area (Å²) in [6.07, 6.45) is 3.90. The van der Waals surface area contributed by atoms with E-state index in [2.05, 4.69) is 22.5 Å². The van der Waals surface area contributed by atoms with Crippen LogP contribution in [-0.4, -0.2) is 87.7 Å². The number of likely N-dealkylation sites (tertiary alicyclic amines) is 2. The van der Waals surface area contributed by atoms with E-state index in [9.17, 15) is 4.79 Å². The monoisotopic (exact) mass is 481 g/mol. The smallest absolute Gasteiger partial charge is 0.222 e. The minimum Gasteiger partial charge on any atom is -0.383 e. The molecule has 7 nitrogen and oxygen atoms in total. The van der Waals surface area contributed by atoms with Crippen LogP contribution in [0.5, 0.6) is 0 Å². The second-order valence-corrected chi connectivity index (χ2v) is 7.15. The molecule has 26 heavy (non-hydrogen) atoms. The van der Waals surface area contributed by atoms with Crippen molar-refractivity contribution >= 4 is 35.8 Å². The number of ether oxygens (including phenoxy) is 1. The molecular weight excluding hydrogens is 445 g/mol. The number of nitrogens with zero attached hydrogens (tertiary/aromatic N) is 3. The van der Waals surface area contributed by atoms with E-state index in [0.717, 1.165) is 58.3 Å². The fourth-order valence-corrected chi connectivity index (χ4v) is 3.48. The zero-order chi connectivity index (χ0) is 18.1. The highest BCUT2D eigenvalue weighted by molar-refractivity contribution is 14.0. The maximum atomic E-state index is 11.6. The van der Waals surface area contributed by atoms with E-state index in [-0.39, 0.29) is 35.9 Å². The molecule has 1 unspecified atom stereocenters. The van der Waals surface area contributed by atoms with Gasteiger partial charge in [0.1, 0.15) is 0 Å². The number of carbonyl (C=O) groups is 1. The lowest BCUT2D eigenvalue weighted by molar-refractivity contribution is -0.132. The Bertz CT molecular complexity index is 441. The lowest BCUT2D eigenvalue weighted by atomic mass is 9.97. The number of hydrogen-bond donors (Lipinski definition) is 2. The van der Waals surface area contributed by atoms with Crippen LogP contribution in [0.4, 0.5) is 0 Å². The molecule has 2 rings (SSSR count). The average molecular weight is 481 g/mol. The van der Waals surface area contributed by atoms with E-state index in [1.165, 1.54) is 12.8 Å². The van der Waals surface area contributed by atoms with Crippen molar-refractivity contribution in [1.82, 2.24) is 20.4 Å². The SMILES string of the molecule is CCNC(=NCC1CCN(CCOC)CC1)NC1CCC(=O)N(C)C1.I. The molecular formula is C18H36IN5O2. The maximum absolute atomic E-state index is 11.6. The van der Waals surface area contributed by atoms with E-state index in [4.69, 9.17) is 9.73 Å². The van der Waals surface area contributed by atoms with Gasteiger partial charge in [-0.05, 0) is 45.2 Å². The summed E-state index contributed by atoms with van der Waals surface area (Å²) in [5.74, 6) is 1.78. The van der Waals surface area contributed by atoms with Crippen LogP contribution >= 0.6 is 24.0 Å². The van der Waals surface area contributed by atoms with E-state index in [1.54, 1.807) is 12.0 Å². The Kier molecular flexibility index (Phi) is 11.5. The number of halogens is 1. The summed E-state index contributed by atoms with van der Waals surface area (Å²) in [4.78, 5) is 20.7. The Morgan fingerprint density at radius 3 is 2.65 bits per heavy atom. The van der Waals surface area contributed by atoms with Crippen LogP contribution in [0.15, 0.2) is 4.99 Å². The van der Waals surface area contributed by atoms with Gasteiger partial charge in [0.25, 0.3) is 0 Å². The summed E-state index contributed by atoms with van der Waals surface area (Å²) in [5, 5.41) is 6.84. The van der Waals surface area contributed by atoms with Crippen molar-refractivity contribution in [2.24, 2.45) is 10.9 Å². The number of amides is 1.